The molecule has 0 N–H and O–H groups in total. The lowest BCUT2D eigenvalue weighted by atomic mass is 10.1. The van der Waals surface area contributed by atoms with Crippen molar-refractivity contribution in [2.75, 3.05) is 6.54 Å². The highest BCUT2D eigenvalue weighted by atomic mass is 15.1. The molecule has 0 saturated heterocycles. The van der Waals surface area contributed by atoms with E-state index in [4.69, 9.17) is 0 Å². The van der Waals surface area contributed by atoms with Crippen molar-refractivity contribution in [1.29, 1.82) is 0 Å². The molecule has 2 atom stereocenters. The first-order valence-corrected chi connectivity index (χ1v) is 3.69. The highest BCUT2D eigenvalue weighted by Gasteiger charge is 2.18. The Bertz CT molecular complexity index is 118. The average molecular weight is 125 g/mol. The fraction of sp³-hybridized carbons (Fsp3) is 0.750. The van der Waals surface area contributed by atoms with E-state index in [9.17, 15) is 0 Å². The molecule has 0 bridgehead atoms. The van der Waals surface area contributed by atoms with Crippen molar-refractivity contribution in [3.63, 3.8) is 0 Å². The molecule has 0 amide bonds. The van der Waals surface area contributed by atoms with Crippen molar-refractivity contribution >= 4 is 0 Å². The normalized spacial score (nSPS) is 33.9. The van der Waals surface area contributed by atoms with E-state index in [1.807, 2.05) is 0 Å². The summed E-state index contributed by atoms with van der Waals surface area (Å²) in [6, 6.07) is 0.718. The summed E-state index contributed by atoms with van der Waals surface area (Å²) in [5.74, 6) is 0.741. The maximum atomic E-state index is 2.37. The summed E-state index contributed by atoms with van der Waals surface area (Å²) >= 11 is 0. The van der Waals surface area contributed by atoms with Gasteiger partial charge < -0.3 is 4.90 Å². The van der Waals surface area contributed by atoms with Gasteiger partial charge in [-0.2, -0.15) is 0 Å². The van der Waals surface area contributed by atoms with E-state index >= 15 is 0 Å². The van der Waals surface area contributed by atoms with Crippen LogP contribution in [0.2, 0.25) is 0 Å². The molecule has 1 heterocycles. The molecule has 52 valence electrons. The fourth-order valence-electron chi connectivity index (χ4n) is 1.24. The Morgan fingerprint density at radius 2 is 2.11 bits per heavy atom. The van der Waals surface area contributed by atoms with Gasteiger partial charge in [0, 0.05) is 12.6 Å². The highest BCUT2D eigenvalue weighted by Crippen LogP contribution is 2.18. The molecular formula is C8H15N. The third-order valence-electron chi connectivity index (χ3n) is 2.23. The molecule has 0 aromatic heterocycles. The Labute approximate surface area is 57.4 Å². The number of rotatable bonds is 1. The molecule has 0 aliphatic carbocycles. The van der Waals surface area contributed by atoms with Gasteiger partial charge >= 0.3 is 0 Å². The lowest BCUT2D eigenvalue weighted by molar-refractivity contribution is 0.294. The monoisotopic (exact) mass is 125 g/mol. The maximum absolute atomic E-state index is 2.37. The van der Waals surface area contributed by atoms with Crippen LogP contribution in [0.3, 0.4) is 0 Å². The van der Waals surface area contributed by atoms with Gasteiger partial charge in [-0.15, -0.1) is 0 Å². The van der Waals surface area contributed by atoms with E-state index in [0.29, 0.717) is 0 Å². The van der Waals surface area contributed by atoms with Crippen molar-refractivity contribution in [1.82, 2.24) is 4.90 Å². The molecule has 0 aromatic carbocycles. The van der Waals surface area contributed by atoms with Gasteiger partial charge in [-0.05, 0) is 26.0 Å². The maximum Gasteiger partial charge on any atom is 0.0316 e. The lowest BCUT2D eigenvalue weighted by Gasteiger charge is -2.22. The van der Waals surface area contributed by atoms with Crippen LogP contribution in [0.5, 0.6) is 0 Å². The Kier molecular flexibility index (Phi) is 1.79. The van der Waals surface area contributed by atoms with Crippen molar-refractivity contribution in [3.05, 3.63) is 12.3 Å². The number of nitrogens with zero attached hydrogens (tertiary/aromatic N) is 1. The number of hydrogen-bond acceptors (Lipinski definition) is 1. The summed E-state index contributed by atoms with van der Waals surface area (Å²) in [4.78, 5) is 2.37. The SMILES string of the molecule is CCN1C=C[C@H](C)[C@@H]1C. The lowest BCUT2D eigenvalue weighted by Crippen LogP contribution is -2.27. The first-order valence-electron chi connectivity index (χ1n) is 3.69. The van der Waals surface area contributed by atoms with Gasteiger partial charge in [-0.25, -0.2) is 0 Å². The second-order valence-corrected chi connectivity index (χ2v) is 2.77. The zero-order valence-corrected chi connectivity index (χ0v) is 6.46. The first-order chi connectivity index (χ1) is 4.25. The summed E-state index contributed by atoms with van der Waals surface area (Å²) in [7, 11) is 0. The molecule has 0 fully saturated rings. The Hall–Kier alpha value is -0.460. The van der Waals surface area contributed by atoms with Gasteiger partial charge in [0.25, 0.3) is 0 Å². The molecule has 0 saturated carbocycles. The summed E-state index contributed by atoms with van der Waals surface area (Å²) in [6.07, 6.45) is 4.48. The van der Waals surface area contributed by atoms with Crippen LogP contribution in [0.1, 0.15) is 20.8 Å². The quantitative estimate of drug-likeness (QED) is 0.517. The van der Waals surface area contributed by atoms with Gasteiger partial charge in [0.1, 0.15) is 0 Å². The average Bonchev–Trinajstić information content (AvgIpc) is 2.15. The minimum atomic E-state index is 0.718. The van der Waals surface area contributed by atoms with Gasteiger partial charge in [0.2, 0.25) is 0 Å². The van der Waals surface area contributed by atoms with Crippen LogP contribution in [-0.2, 0) is 0 Å². The summed E-state index contributed by atoms with van der Waals surface area (Å²) in [6.45, 7) is 7.87. The molecule has 1 nitrogen and oxygen atoms in total. The zero-order valence-electron chi connectivity index (χ0n) is 6.46. The van der Waals surface area contributed by atoms with E-state index in [-0.39, 0.29) is 0 Å². The van der Waals surface area contributed by atoms with Crippen LogP contribution >= 0.6 is 0 Å². The predicted octanol–water partition coefficient (Wildman–Crippen LogP) is 1.86. The molecule has 0 aromatic rings. The molecule has 0 spiro atoms. The smallest absolute Gasteiger partial charge is 0.0316 e. The first kappa shape index (κ1) is 6.66. The molecular weight excluding hydrogens is 110 g/mol. The predicted molar refractivity (Wildman–Crippen MR) is 40.1 cm³/mol. The highest BCUT2D eigenvalue weighted by molar-refractivity contribution is 5.00. The third-order valence-corrected chi connectivity index (χ3v) is 2.23. The summed E-state index contributed by atoms with van der Waals surface area (Å²) in [5, 5.41) is 0. The van der Waals surface area contributed by atoms with Crippen LogP contribution < -0.4 is 0 Å². The molecule has 1 heteroatoms. The van der Waals surface area contributed by atoms with Gasteiger partial charge in [-0.1, -0.05) is 13.0 Å². The summed E-state index contributed by atoms with van der Waals surface area (Å²) < 4.78 is 0. The van der Waals surface area contributed by atoms with Crippen LogP contribution in [-0.4, -0.2) is 17.5 Å². The van der Waals surface area contributed by atoms with Crippen molar-refractivity contribution < 1.29 is 0 Å². The van der Waals surface area contributed by atoms with Crippen LogP contribution in [0.25, 0.3) is 0 Å². The number of hydrogen-bond donors (Lipinski definition) is 0. The second kappa shape index (κ2) is 2.42. The van der Waals surface area contributed by atoms with E-state index in [1.165, 1.54) is 0 Å². The van der Waals surface area contributed by atoms with E-state index < -0.39 is 0 Å². The topological polar surface area (TPSA) is 3.24 Å². The molecule has 1 rings (SSSR count). The van der Waals surface area contributed by atoms with E-state index in [2.05, 4.69) is 37.9 Å². The molecule has 1 aliphatic rings. The second-order valence-electron chi connectivity index (χ2n) is 2.77. The van der Waals surface area contributed by atoms with Gasteiger partial charge in [0.05, 0.1) is 0 Å². The zero-order chi connectivity index (χ0) is 6.85. The van der Waals surface area contributed by atoms with Crippen molar-refractivity contribution in [2.24, 2.45) is 5.92 Å². The van der Waals surface area contributed by atoms with Crippen LogP contribution in [0.15, 0.2) is 12.3 Å². The third kappa shape index (κ3) is 1.09. The fourth-order valence-corrected chi connectivity index (χ4v) is 1.24. The molecule has 0 unspecified atom stereocenters. The van der Waals surface area contributed by atoms with E-state index in [1.54, 1.807) is 0 Å². The minimum Gasteiger partial charge on any atom is -0.375 e. The van der Waals surface area contributed by atoms with Crippen LogP contribution in [0.4, 0.5) is 0 Å². The Morgan fingerprint density at radius 3 is 2.33 bits per heavy atom. The van der Waals surface area contributed by atoms with Crippen molar-refractivity contribution in [2.45, 2.75) is 26.8 Å². The van der Waals surface area contributed by atoms with Crippen LogP contribution in [0, 0.1) is 5.92 Å². The molecule has 1 aliphatic heterocycles. The summed E-state index contributed by atoms with van der Waals surface area (Å²) in [5.41, 5.74) is 0. The van der Waals surface area contributed by atoms with Gasteiger partial charge in [-0.3, -0.25) is 0 Å². The minimum absolute atomic E-state index is 0.718. The molecule has 0 radical (unpaired) electrons. The Morgan fingerprint density at radius 1 is 1.44 bits per heavy atom. The Balaban J connectivity index is 2.51. The standard InChI is InChI=1S/C8H15N/c1-4-9-6-5-7(2)8(9)3/h5-8H,4H2,1-3H3/t7-,8-/m0/s1. The molecule has 9 heavy (non-hydrogen) atoms. The van der Waals surface area contributed by atoms with E-state index in [0.717, 1.165) is 18.5 Å². The van der Waals surface area contributed by atoms with Gasteiger partial charge in [0.15, 0.2) is 0 Å². The largest absolute Gasteiger partial charge is 0.375 e. The van der Waals surface area contributed by atoms with Crippen molar-refractivity contribution in [3.8, 4) is 0 Å².